The van der Waals surface area contributed by atoms with Gasteiger partial charge in [0.05, 0.1) is 0 Å². The molecule has 5 rings (SSSR count). The largest absolute Gasteiger partial charge is 0.508 e. The standard InChI is InChI=1S/C25H19N3O/c29-21-6-3-5-18(17-21)22-7-4-8-24-23(22)13-14-26-25(24)27-19-9-11-20(12-10-19)28-15-1-2-16-28/h1-17,29H,(H,26,27). The van der Waals surface area contributed by atoms with Gasteiger partial charge in [-0.2, -0.15) is 0 Å². The molecule has 3 aromatic carbocycles. The summed E-state index contributed by atoms with van der Waals surface area (Å²) >= 11 is 0. The summed E-state index contributed by atoms with van der Waals surface area (Å²) in [7, 11) is 0. The minimum absolute atomic E-state index is 0.259. The number of anilines is 2. The number of rotatable bonds is 4. The molecule has 2 heterocycles. The fourth-order valence-corrected chi connectivity index (χ4v) is 3.59. The van der Waals surface area contributed by atoms with Gasteiger partial charge in [-0.05, 0) is 71.1 Å². The highest BCUT2D eigenvalue weighted by molar-refractivity contribution is 6.02. The van der Waals surface area contributed by atoms with Gasteiger partial charge in [-0.15, -0.1) is 0 Å². The number of phenols is 1. The third-order valence-electron chi connectivity index (χ3n) is 5.00. The monoisotopic (exact) mass is 377 g/mol. The lowest BCUT2D eigenvalue weighted by Crippen LogP contribution is -1.96. The fourth-order valence-electron chi connectivity index (χ4n) is 3.59. The Morgan fingerprint density at radius 1 is 0.759 bits per heavy atom. The van der Waals surface area contributed by atoms with Gasteiger partial charge in [0.25, 0.3) is 0 Å². The Balaban J connectivity index is 1.52. The van der Waals surface area contributed by atoms with Crippen molar-refractivity contribution in [2.75, 3.05) is 5.32 Å². The van der Waals surface area contributed by atoms with Crippen LogP contribution in [0.25, 0.3) is 27.6 Å². The van der Waals surface area contributed by atoms with Crippen LogP contribution in [0.4, 0.5) is 11.5 Å². The number of aromatic nitrogens is 2. The van der Waals surface area contributed by atoms with Crippen LogP contribution in [-0.4, -0.2) is 14.7 Å². The van der Waals surface area contributed by atoms with E-state index in [1.165, 1.54) is 0 Å². The predicted octanol–water partition coefficient (Wildman–Crippen LogP) is 6.14. The molecule has 0 spiro atoms. The summed E-state index contributed by atoms with van der Waals surface area (Å²) in [5.41, 5.74) is 4.12. The molecule has 0 aliphatic heterocycles. The van der Waals surface area contributed by atoms with Crippen LogP contribution in [0.1, 0.15) is 0 Å². The van der Waals surface area contributed by atoms with Crippen LogP contribution in [-0.2, 0) is 0 Å². The quantitative estimate of drug-likeness (QED) is 0.395. The normalized spacial score (nSPS) is 10.9. The highest BCUT2D eigenvalue weighted by Gasteiger charge is 2.09. The van der Waals surface area contributed by atoms with Crippen LogP contribution in [0.5, 0.6) is 5.75 Å². The van der Waals surface area contributed by atoms with Crippen LogP contribution < -0.4 is 5.32 Å². The maximum absolute atomic E-state index is 9.86. The van der Waals surface area contributed by atoms with Crippen molar-refractivity contribution in [1.82, 2.24) is 9.55 Å². The van der Waals surface area contributed by atoms with Crippen molar-refractivity contribution in [3.63, 3.8) is 0 Å². The molecule has 2 N–H and O–H groups in total. The van der Waals surface area contributed by atoms with E-state index in [-0.39, 0.29) is 5.75 Å². The maximum Gasteiger partial charge on any atom is 0.138 e. The molecule has 0 atom stereocenters. The first-order chi connectivity index (χ1) is 14.3. The fraction of sp³-hybridized carbons (Fsp3) is 0. The number of fused-ring (bicyclic) bond motifs is 1. The second-order valence-electron chi connectivity index (χ2n) is 6.87. The summed E-state index contributed by atoms with van der Waals surface area (Å²) in [5, 5.41) is 15.4. The van der Waals surface area contributed by atoms with Crippen LogP contribution in [0.2, 0.25) is 0 Å². The third kappa shape index (κ3) is 3.32. The Morgan fingerprint density at radius 2 is 1.55 bits per heavy atom. The van der Waals surface area contributed by atoms with E-state index >= 15 is 0 Å². The summed E-state index contributed by atoms with van der Waals surface area (Å²) in [5.74, 6) is 1.06. The molecule has 2 aromatic heterocycles. The minimum Gasteiger partial charge on any atom is -0.508 e. The second-order valence-corrected chi connectivity index (χ2v) is 6.87. The first-order valence-electron chi connectivity index (χ1n) is 9.45. The Labute approximate surface area is 168 Å². The van der Waals surface area contributed by atoms with Crippen molar-refractivity contribution in [1.29, 1.82) is 0 Å². The molecule has 0 saturated heterocycles. The van der Waals surface area contributed by atoms with Crippen molar-refractivity contribution in [3.05, 3.63) is 104 Å². The molecular weight excluding hydrogens is 358 g/mol. The molecule has 0 aliphatic carbocycles. The highest BCUT2D eigenvalue weighted by Crippen LogP contribution is 2.33. The van der Waals surface area contributed by atoms with E-state index in [1.807, 2.05) is 55.0 Å². The zero-order valence-electron chi connectivity index (χ0n) is 15.7. The molecule has 0 fully saturated rings. The molecule has 5 aromatic rings. The summed E-state index contributed by atoms with van der Waals surface area (Å²) < 4.78 is 2.07. The zero-order valence-corrected chi connectivity index (χ0v) is 15.7. The molecular formula is C25H19N3O. The van der Waals surface area contributed by atoms with E-state index in [9.17, 15) is 5.11 Å². The Hall–Kier alpha value is -4.05. The van der Waals surface area contributed by atoms with Crippen molar-refractivity contribution in [2.45, 2.75) is 0 Å². The number of phenolic OH excluding ortho intramolecular Hbond substituents is 1. The molecule has 0 radical (unpaired) electrons. The lowest BCUT2D eigenvalue weighted by atomic mass is 9.99. The number of aromatic hydroxyl groups is 1. The summed E-state index contributed by atoms with van der Waals surface area (Å²) in [6.07, 6.45) is 5.86. The van der Waals surface area contributed by atoms with Crippen LogP contribution in [0, 0.1) is 0 Å². The average molecular weight is 377 g/mol. The van der Waals surface area contributed by atoms with E-state index in [0.29, 0.717) is 0 Å². The Morgan fingerprint density at radius 3 is 2.34 bits per heavy atom. The summed E-state index contributed by atoms with van der Waals surface area (Å²) in [6, 6.07) is 27.7. The first kappa shape index (κ1) is 17.1. The van der Waals surface area contributed by atoms with E-state index in [0.717, 1.165) is 39.1 Å². The van der Waals surface area contributed by atoms with Gasteiger partial charge in [0, 0.05) is 35.4 Å². The van der Waals surface area contributed by atoms with Crippen LogP contribution in [0.15, 0.2) is 104 Å². The van der Waals surface area contributed by atoms with Crippen molar-refractivity contribution in [2.24, 2.45) is 0 Å². The average Bonchev–Trinajstić information content (AvgIpc) is 3.29. The van der Waals surface area contributed by atoms with Gasteiger partial charge in [0.1, 0.15) is 11.6 Å². The molecule has 0 saturated carbocycles. The van der Waals surface area contributed by atoms with Gasteiger partial charge in [-0.25, -0.2) is 4.98 Å². The van der Waals surface area contributed by atoms with Crippen molar-refractivity contribution in [3.8, 4) is 22.6 Å². The summed E-state index contributed by atoms with van der Waals surface area (Å²) in [4.78, 5) is 4.56. The van der Waals surface area contributed by atoms with Gasteiger partial charge in [-0.3, -0.25) is 0 Å². The molecule has 0 amide bonds. The van der Waals surface area contributed by atoms with E-state index in [2.05, 4.69) is 51.3 Å². The van der Waals surface area contributed by atoms with Gasteiger partial charge in [0.15, 0.2) is 0 Å². The molecule has 0 unspecified atom stereocenters. The van der Waals surface area contributed by atoms with Gasteiger partial charge in [-0.1, -0.05) is 30.3 Å². The molecule has 0 bridgehead atoms. The van der Waals surface area contributed by atoms with Gasteiger partial charge in [0.2, 0.25) is 0 Å². The SMILES string of the molecule is Oc1cccc(-c2cccc3c(Nc4ccc(-n5cccc5)cc4)nccc23)c1. The van der Waals surface area contributed by atoms with Crippen molar-refractivity contribution >= 4 is 22.3 Å². The molecule has 0 aliphatic rings. The molecule has 140 valence electrons. The Kier molecular flexibility index (Phi) is 4.22. The zero-order chi connectivity index (χ0) is 19.6. The van der Waals surface area contributed by atoms with E-state index < -0.39 is 0 Å². The highest BCUT2D eigenvalue weighted by atomic mass is 16.3. The van der Waals surface area contributed by atoms with Crippen LogP contribution in [0.3, 0.4) is 0 Å². The molecule has 4 heteroatoms. The summed E-state index contributed by atoms with van der Waals surface area (Å²) in [6.45, 7) is 0. The number of benzene rings is 3. The lowest BCUT2D eigenvalue weighted by molar-refractivity contribution is 0.475. The number of hydrogen-bond acceptors (Lipinski definition) is 3. The maximum atomic E-state index is 9.86. The number of nitrogens with one attached hydrogen (secondary N) is 1. The topological polar surface area (TPSA) is 50.1 Å². The predicted molar refractivity (Wildman–Crippen MR) is 118 cm³/mol. The van der Waals surface area contributed by atoms with Gasteiger partial charge >= 0.3 is 0 Å². The number of hydrogen-bond donors (Lipinski definition) is 2. The smallest absolute Gasteiger partial charge is 0.138 e. The van der Waals surface area contributed by atoms with Crippen LogP contribution >= 0.6 is 0 Å². The van der Waals surface area contributed by atoms with E-state index in [4.69, 9.17) is 0 Å². The Bertz CT molecular complexity index is 1280. The lowest BCUT2D eigenvalue weighted by Gasteiger charge is -2.12. The third-order valence-corrected chi connectivity index (χ3v) is 5.00. The second kappa shape index (κ2) is 7.17. The minimum atomic E-state index is 0.259. The molecule has 4 nitrogen and oxygen atoms in total. The van der Waals surface area contributed by atoms with E-state index in [1.54, 1.807) is 12.1 Å². The number of pyridine rings is 1. The molecule has 29 heavy (non-hydrogen) atoms. The first-order valence-corrected chi connectivity index (χ1v) is 9.45. The number of nitrogens with zero attached hydrogens (tertiary/aromatic N) is 2. The van der Waals surface area contributed by atoms with Gasteiger partial charge < -0.3 is 15.0 Å². The van der Waals surface area contributed by atoms with Crippen molar-refractivity contribution < 1.29 is 5.11 Å².